The van der Waals surface area contributed by atoms with E-state index in [0.717, 1.165) is 12.8 Å². The molecule has 0 aromatic heterocycles. The molecule has 0 saturated heterocycles. The van der Waals surface area contributed by atoms with Crippen molar-refractivity contribution in [3.05, 3.63) is 0 Å². The molecule has 50 heavy (non-hydrogen) atoms. The number of hydrogen-bond acceptors (Lipinski definition) is 2. The van der Waals surface area contributed by atoms with Gasteiger partial charge in [0.05, 0.1) is 6.61 Å². The Bertz CT molecular complexity index is 601. The summed E-state index contributed by atoms with van der Waals surface area (Å²) in [5, 5.41) is 0. The first kappa shape index (κ1) is 49.5. The van der Waals surface area contributed by atoms with Crippen molar-refractivity contribution in [2.75, 3.05) is 6.61 Å². The summed E-state index contributed by atoms with van der Waals surface area (Å²) in [5.41, 5.74) is 0. The zero-order valence-electron chi connectivity index (χ0n) is 35.1. The topological polar surface area (TPSA) is 26.3 Å². The van der Waals surface area contributed by atoms with Gasteiger partial charge in [-0.25, -0.2) is 0 Å². The molecule has 0 saturated carbocycles. The van der Waals surface area contributed by atoms with Crippen LogP contribution in [0, 0.1) is 0 Å². The fraction of sp³-hybridized carbons (Fsp3) is 0.979. The van der Waals surface area contributed by atoms with Crippen LogP contribution in [0.1, 0.15) is 296 Å². The summed E-state index contributed by atoms with van der Waals surface area (Å²) in [6, 6.07) is 0. The molecule has 0 bridgehead atoms. The number of ether oxygens (including phenoxy) is 1. The van der Waals surface area contributed by atoms with E-state index in [9.17, 15) is 4.79 Å². The molecule has 2 nitrogen and oxygen atoms in total. The second kappa shape index (κ2) is 46.5. The summed E-state index contributed by atoms with van der Waals surface area (Å²) in [5.74, 6) is 0.0268. The Balaban J connectivity index is 3.10. The molecule has 0 heterocycles. The number of unbranched alkanes of at least 4 members (excludes halogenated alkanes) is 41. The van der Waals surface area contributed by atoms with E-state index in [4.69, 9.17) is 4.74 Å². The quantitative estimate of drug-likeness (QED) is 0.0466. The fourth-order valence-corrected chi connectivity index (χ4v) is 7.67. The van der Waals surface area contributed by atoms with E-state index in [2.05, 4.69) is 13.8 Å². The summed E-state index contributed by atoms with van der Waals surface area (Å²) in [6.45, 7) is 5.21. The maximum Gasteiger partial charge on any atom is 0.305 e. The van der Waals surface area contributed by atoms with Crippen LogP contribution in [-0.4, -0.2) is 12.6 Å². The molecule has 0 aromatic carbocycles. The van der Waals surface area contributed by atoms with E-state index in [1.807, 2.05) is 0 Å². The zero-order chi connectivity index (χ0) is 36.1. The van der Waals surface area contributed by atoms with Gasteiger partial charge in [-0.1, -0.05) is 277 Å². The maximum absolute atomic E-state index is 11.9. The second-order valence-electron chi connectivity index (χ2n) is 16.5. The summed E-state index contributed by atoms with van der Waals surface area (Å²) >= 11 is 0. The van der Waals surface area contributed by atoms with Crippen molar-refractivity contribution in [1.82, 2.24) is 0 Å². The van der Waals surface area contributed by atoms with Crippen LogP contribution < -0.4 is 0 Å². The van der Waals surface area contributed by atoms with Gasteiger partial charge >= 0.3 is 5.97 Å². The Hall–Kier alpha value is -0.530. The highest BCUT2D eigenvalue weighted by Crippen LogP contribution is 2.17. The van der Waals surface area contributed by atoms with Crippen molar-refractivity contribution in [2.24, 2.45) is 0 Å². The third-order valence-electron chi connectivity index (χ3n) is 11.2. The summed E-state index contributed by atoms with van der Waals surface area (Å²) in [4.78, 5) is 11.9. The summed E-state index contributed by atoms with van der Waals surface area (Å²) < 4.78 is 5.44. The number of carbonyl (C=O) groups excluding carboxylic acids is 1. The molecule has 0 aliphatic rings. The lowest BCUT2D eigenvalue weighted by Gasteiger charge is -2.06. The van der Waals surface area contributed by atoms with E-state index in [1.165, 1.54) is 263 Å². The van der Waals surface area contributed by atoms with Crippen LogP contribution in [0.15, 0.2) is 0 Å². The molecule has 0 fully saturated rings. The number of rotatable bonds is 45. The standard InChI is InChI=1S/C48H96O2/c1-3-5-7-9-11-13-14-15-16-17-18-19-20-21-22-23-24-25-26-27-28-29-30-31-32-33-34-35-36-37-39-41-43-45-47-50-48(49)46-44-42-40-38-12-10-8-6-4-2/h3-47H2,1-2H3. The van der Waals surface area contributed by atoms with Gasteiger partial charge in [0.1, 0.15) is 0 Å². The van der Waals surface area contributed by atoms with Gasteiger partial charge < -0.3 is 4.74 Å². The average molecular weight is 705 g/mol. The van der Waals surface area contributed by atoms with Gasteiger partial charge in [-0.15, -0.1) is 0 Å². The molecule has 0 radical (unpaired) electrons. The Morgan fingerprint density at radius 1 is 0.260 bits per heavy atom. The van der Waals surface area contributed by atoms with Crippen molar-refractivity contribution in [1.29, 1.82) is 0 Å². The SMILES string of the molecule is CCCCCCCCCCCCCCCCCCCCCCCCCCCCCCCCCCCCOC(=O)CCCCCCCCCCC. The minimum absolute atomic E-state index is 0.0268. The Kier molecular flexibility index (Phi) is 46.0. The third-order valence-corrected chi connectivity index (χ3v) is 11.2. The highest BCUT2D eigenvalue weighted by Gasteiger charge is 2.03. The first-order chi connectivity index (χ1) is 24.8. The number of hydrogen-bond donors (Lipinski definition) is 0. The number of carbonyl (C=O) groups is 1. The molecule has 300 valence electrons. The molecular weight excluding hydrogens is 609 g/mol. The first-order valence-electron chi connectivity index (χ1n) is 24.0. The Morgan fingerprint density at radius 2 is 0.440 bits per heavy atom. The molecule has 0 aliphatic carbocycles. The minimum atomic E-state index is 0.0268. The minimum Gasteiger partial charge on any atom is -0.466 e. The molecule has 2 heteroatoms. The van der Waals surface area contributed by atoms with Crippen LogP contribution in [0.5, 0.6) is 0 Å². The zero-order valence-corrected chi connectivity index (χ0v) is 35.1. The van der Waals surface area contributed by atoms with Gasteiger partial charge in [0, 0.05) is 6.42 Å². The van der Waals surface area contributed by atoms with Gasteiger partial charge in [0.15, 0.2) is 0 Å². The van der Waals surface area contributed by atoms with Crippen LogP contribution in [0.25, 0.3) is 0 Å². The van der Waals surface area contributed by atoms with Crippen molar-refractivity contribution in [3.8, 4) is 0 Å². The van der Waals surface area contributed by atoms with Gasteiger partial charge in [-0.05, 0) is 12.8 Å². The smallest absolute Gasteiger partial charge is 0.305 e. The van der Waals surface area contributed by atoms with Gasteiger partial charge in [-0.3, -0.25) is 4.79 Å². The van der Waals surface area contributed by atoms with E-state index < -0.39 is 0 Å². The molecule has 0 aromatic rings. The van der Waals surface area contributed by atoms with Crippen molar-refractivity contribution >= 4 is 5.97 Å². The highest BCUT2D eigenvalue weighted by atomic mass is 16.5. The maximum atomic E-state index is 11.9. The summed E-state index contributed by atoms with van der Waals surface area (Å²) in [6.07, 6.45) is 61.1. The van der Waals surface area contributed by atoms with Crippen molar-refractivity contribution in [2.45, 2.75) is 296 Å². The van der Waals surface area contributed by atoms with Gasteiger partial charge in [-0.2, -0.15) is 0 Å². The molecule has 0 N–H and O–H groups in total. The third kappa shape index (κ3) is 45.5. The predicted octanol–water partition coefficient (Wildman–Crippen LogP) is 17.7. The van der Waals surface area contributed by atoms with E-state index in [1.54, 1.807) is 0 Å². The average Bonchev–Trinajstić information content (AvgIpc) is 3.12. The lowest BCUT2D eigenvalue weighted by Crippen LogP contribution is -2.05. The first-order valence-corrected chi connectivity index (χ1v) is 24.0. The lowest BCUT2D eigenvalue weighted by molar-refractivity contribution is -0.143. The highest BCUT2D eigenvalue weighted by molar-refractivity contribution is 5.69. The lowest BCUT2D eigenvalue weighted by atomic mass is 10.0. The largest absolute Gasteiger partial charge is 0.466 e. The van der Waals surface area contributed by atoms with Crippen LogP contribution in [-0.2, 0) is 9.53 Å². The van der Waals surface area contributed by atoms with E-state index in [-0.39, 0.29) is 5.97 Å². The fourth-order valence-electron chi connectivity index (χ4n) is 7.67. The molecule has 0 aliphatic heterocycles. The summed E-state index contributed by atoms with van der Waals surface area (Å²) in [7, 11) is 0. The van der Waals surface area contributed by atoms with Crippen LogP contribution in [0.4, 0.5) is 0 Å². The monoisotopic (exact) mass is 705 g/mol. The van der Waals surface area contributed by atoms with Crippen LogP contribution in [0.2, 0.25) is 0 Å². The molecule has 0 atom stereocenters. The molecular formula is C48H96O2. The van der Waals surface area contributed by atoms with E-state index in [0.29, 0.717) is 13.0 Å². The van der Waals surface area contributed by atoms with Crippen LogP contribution >= 0.6 is 0 Å². The van der Waals surface area contributed by atoms with Crippen molar-refractivity contribution in [3.63, 3.8) is 0 Å². The van der Waals surface area contributed by atoms with Gasteiger partial charge in [0.2, 0.25) is 0 Å². The number of esters is 1. The van der Waals surface area contributed by atoms with Gasteiger partial charge in [0.25, 0.3) is 0 Å². The van der Waals surface area contributed by atoms with E-state index >= 15 is 0 Å². The molecule has 0 spiro atoms. The second-order valence-corrected chi connectivity index (χ2v) is 16.5. The Morgan fingerprint density at radius 3 is 0.660 bits per heavy atom. The normalized spacial score (nSPS) is 11.5. The van der Waals surface area contributed by atoms with Crippen molar-refractivity contribution < 1.29 is 9.53 Å². The Labute approximate surface area is 317 Å². The van der Waals surface area contributed by atoms with Crippen LogP contribution in [0.3, 0.4) is 0 Å². The predicted molar refractivity (Wildman–Crippen MR) is 225 cm³/mol. The molecule has 0 unspecified atom stereocenters. The molecule has 0 rings (SSSR count). The molecule has 0 amide bonds.